The maximum absolute atomic E-state index is 11.9. The Morgan fingerprint density at radius 3 is 2.29 bits per heavy atom. The van der Waals surface area contributed by atoms with E-state index in [9.17, 15) is 13.2 Å². The first kappa shape index (κ1) is 16.4. The minimum atomic E-state index is -3.29. The van der Waals surface area contributed by atoms with Gasteiger partial charge in [-0.3, -0.25) is 4.79 Å². The molecule has 0 aromatic heterocycles. The molecule has 0 aromatic carbocycles. The van der Waals surface area contributed by atoms with Crippen molar-refractivity contribution in [3.8, 4) is 0 Å². The molecule has 5 nitrogen and oxygen atoms in total. The van der Waals surface area contributed by atoms with Gasteiger partial charge >= 0.3 is 0 Å². The molecule has 17 heavy (non-hydrogen) atoms. The molecule has 0 fully saturated rings. The highest BCUT2D eigenvalue weighted by Crippen LogP contribution is 2.04. The molecule has 0 radical (unpaired) electrons. The van der Waals surface area contributed by atoms with Crippen molar-refractivity contribution in [2.45, 2.75) is 46.6 Å². The van der Waals surface area contributed by atoms with E-state index >= 15 is 0 Å². The lowest BCUT2D eigenvalue weighted by molar-refractivity contribution is -0.121. The Morgan fingerprint density at radius 1 is 1.29 bits per heavy atom. The van der Waals surface area contributed by atoms with Crippen LogP contribution in [0.2, 0.25) is 0 Å². The molecule has 1 N–H and O–H groups in total. The van der Waals surface area contributed by atoms with E-state index in [1.165, 1.54) is 4.31 Å². The zero-order valence-electron chi connectivity index (χ0n) is 11.2. The predicted molar refractivity (Wildman–Crippen MR) is 69.2 cm³/mol. The van der Waals surface area contributed by atoms with E-state index in [1.54, 1.807) is 6.92 Å². The van der Waals surface area contributed by atoms with Gasteiger partial charge in [0.25, 0.3) is 0 Å². The molecule has 0 aromatic rings. The zero-order chi connectivity index (χ0) is 13.5. The molecule has 0 aliphatic carbocycles. The smallest absolute Gasteiger partial charge is 0.235 e. The molecule has 6 heteroatoms. The summed E-state index contributed by atoms with van der Waals surface area (Å²) < 4.78 is 25.0. The third-order valence-corrected chi connectivity index (χ3v) is 4.25. The van der Waals surface area contributed by atoms with Gasteiger partial charge in [-0.05, 0) is 20.3 Å². The summed E-state index contributed by atoms with van der Waals surface area (Å²) in [6.07, 6.45) is 1.46. The topological polar surface area (TPSA) is 66.5 Å². The number of carbonyl (C=O) groups excluding carboxylic acids is 1. The van der Waals surface area contributed by atoms with Gasteiger partial charge in [0.2, 0.25) is 15.9 Å². The Morgan fingerprint density at radius 2 is 1.88 bits per heavy atom. The first-order chi connectivity index (χ1) is 7.83. The fourth-order valence-corrected chi connectivity index (χ4v) is 3.01. The van der Waals surface area contributed by atoms with E-state index in [0.717, 1.165) is 6.42 Å². The van der Waals surface area contributed by atoms with Crippen LogP contribution in [0.1, 0.15) is 40.5 Å². The Hall–Kier alpha value is -0.620. The summed E-state index contributed by atoms with van der Waals surface area (Å²) >= 11 is 0. The first-order valence-electron chi connectivity index (χ1n) is 6.10. The first-order valence-corrected chi connectivity index (χ1v) is 7.71. The van der Waals surface area contributed by atoms with E-state index in [0.29, 0.717) is 13.0 Å². The van der Waals surface area contributed by atoms with Gasteiger partial charge in [0.15, 0.2) is 0 Å². The van der Waals surface area contributed by atoms with Crippen LogP contribution in [-0.2, 0) is 14.8 Å². The van der Waals surface area contributed by atoms with Crippen LogP contribution in [0.25, 0.3) is 0 Å². The predicted octanol–water partition coefficient (Wildman–Crippen LogP) is 0.963. The van der Waals surface area contributed by atoms with Crippen molar-refractivity contribution >= 4 is 15.9 Å². The van der Waals surface area contributed by atoms with Crippen LogP contribution in [0.3, 0.4) is 0 Å². The van der Waals surface area contributed by atoms with Crippen molar-refractivity contribution in [3.05, 3.63) is 0 Å². The van der Waals surface area contributed by atoms with Crippen LogP contribution in [0.5, 0.6) is 0 Å². The summed E-state index contributed by atoms with van der Waals surface area (Å²) in [6, 6.07) is 0.0274. The van der Waals surface area contributed by atoms with Crippen molar-refractivity contribution in [2.24, 2.45) is 0 Å². The van der Waals surface area contributed by atoms with Crippen molar-refractivity contribution in [1.29, 1.82) is 0 Å². The fraction of sp³-hybridized carbons (Fsp3) is 0.909. The van der Waals surface area contributed by atoms with Gasteiger partial charge in [0, 0.05) is 12.6 Å². The fourth-order valence-electron chi connectivity index (χ4n) is 1.39. The second-order valence-electron chi connectivity index (χ2n) is 4.32. The highest BCUT2D eigenvalue weighted by Gasteiger charge is 2.22. The molecule has 0 unspecified atom stereocenters. The Kier molecular flexibility index (Phi) is 7.38. The molecule has 0 bridgehead atoms. The van der Waals surface area contributed by atoms with E-state index in [-0.39, 0.29) is 24.2 Å². The molecule has 0 rings (SSSR count). The van der Waals surface area contributed by atoms with Crippen LogP contribution in [0.15, 0.2) is 0 Å². The normalized spacial score (nSPS) is 12.1. The van der Waals surface area contributed by atoms with Gasteiger partial charge in [-0.2, -0.15) is 4.31 Å². The Labute approximate surface area is 105 Å². The van der Waals surface area contributed by atoms with Crippen LogP contribution < -0.4 is 5.32 Å². The minimum absolute atomic E-state index is 0.0274. The lowest BCUT2D eigenvalue weighted by atomic mass is 10.4. The number of hydrogen-bond donors (Lipinski definition) is 1. The number of hydrogen-bond acceptors (Lipinski definition) is 3. The quantitative estimate of drug-likeness (QED) is 0.710. The van der Waals surface area contributed by atoms with Crippen molar-refractivity contribution in [3.63, 3.8) is 0 Å². The second-order valence-corrected chi connectivity index (χ2v) is 6.41. The molecule has 0 heterocycles. The molecule has 0 saturated carbocycles. The highest BCUT2D eigenvalue weighted by molar-refractivity contribution is 7.89. The van der Waals surface area contributed by atoms with Crippen LogP contribution in [-0.4, -0.2) is 43.5 Å². The number of nitrogens with zero attached hydrogens (tertiary/aromatic N) is 1. The molecule has 0 saturated heterocycles. The van der Waals surface area contributed by atoms with Gasteiger partial charge in [0.1, 0.15) is 0 Å². The number of rotatable bonds is 8. The van der Waals surface area contributed by atoms with Crippen molar-refractivity contribution < 1.29 is 13.2 Å². The van der Waals surface area contributed by atoms with Crippen LogP contribution in [0.4, 0.5) is 0 Å². The Bertz CT molecular complexity index is 326. The maximum atomic E-state index is 11.9. The molecular weight excluding hydrogens is 240 g/mol. The summed E-state index contributed by atoms with van der Waals surface area (Å²) in [4.78, 5) is 11.5. The standard InChI is InChI=1S/C11H24N2O3S/c1-5-7-8-17(15,16)13(6-2)9-11(14)12-10(3)4/h10H,5-9H2,1-4H3,(H,12,14). The van der Waals surface area contributed by atoms with E-state index in [4.69, 9.17) is 0 Å². The number of amides is 1. The molecule has 1 amide bonds. The van der Waals surface area contributed by atoms with Crippen LogP contribution >= 0.6 is 0 Å². The van der Waals surface area contributed by atoms with Gasteiger partial charge < -0.3 is 5.32 Å². The number of carbonyl (C=O) groups is 1. The monoisotopic (exact) mass is 264 g/mol. The minimum Gasteiger partial charge on any atom is -0.353 e. The Balaban J connectivity index is 4.46. The third-order valence-electron chi connectivity index (χ3n) is 2.27. The zero-order valence-corrected chi connectivity index (χ0v) is 12.0. The van der Waals surface area contributed by atoms with Gasteiger partial charge in [-0.15, -0.1) is 0 Å². The second kappa shape index (κ2) is 7.66. The number of sulfonamides is 1. The largest absolute Gasteiger partial charge is 0.353 e. The number of likely N-dealkylation sites (N-methyl/N-ethyl adjacent to an activating group) is 1. The third kappa shape index (κ3) is 6.63. The van der Waals surface area contributed by atoms with Gasteiger partial charge in [0.05, 0.1) is 12.3 Å². The molecular formula is C11H24N2O3S. The summed E-state index contributed by atoms with van der Waals surface area (Å²) in [5.41, 5.74) is 0. The maximum Gasteiger partial charge on any atom is 0.235 e. The molecule has 0 aliphatic rings. The molecule has 0 spiro atoms. The summed E-state index contributed by atoms with van der Waals surface area (Å²) in [5.74, 6) is -0.131. The van der Waals surface area contributed by atoms with Gasteiger partial charge in [-0.25, -0.2) is 8.42 Å². The lowest BCUT2D eigenvalue weighted by Gasteiger charge is -2.20. The average Bonchev–Trinajstić information content (AvgIpc) is 2.21. The van der Waals surface area contributed by atoms with Crippen molar-refractivity contribution in [1.82, 2.24) is 9.62 Å². The number of unbranched alkanes of at least 4 members (excludes halogenated alkanes) is 1. The molecule has 0 aliphatic heterocycles. The molecule has 0 atom stereocenters. The number of nitrogens with one attached hydrogen (secondary N) is 1. The van der Waals surface area contributed by atoms with Gasteiger partial charge in [-0.1, -0.05) is 20.3 Å². The van der Waals surface area contributed by atoms with E-state index in [1.807, 2.05) is 20.8 Å². The SMILES string of the molecule is CCCCS(=O)(=O)N(CC)CC(=O)NC(C)C. The highest BCUT2D eigenvalue weighted by atomic mass is 32.2. The van der Waals surface area contributed by atoms with Crippen molar-refractivity contribution in [2.75, 3.05) is 18.8 Å². The van der Waals surface area contributed by atoms with Crippen LogP contribution in [0, 0.1) is 0 Å². The summed E-state index contributed by atoms with van der Waals surface area (Å²) in [5, 5.41) is 2.69. The van der Waals surface area contributed by atoms with E-state index in [2.05, 4.69) is 5.32 Å². The lowest BCUT2D eigenvalue weighted by Crippen LogP contribution is -2.43. The average molecular weight is 264 g/mol. The summed E-state index contributed by atoms with van der Waals surface area (Å²) in [7, 11) is -3.29. The molecule has 102 valence electrons. The van der Waals surface area contributed by atoms with E-state index < -0.39 is 10.0 Å². The summed E-state index contributed by atoms with van der Waals surface area (Å²) in [6.45, 7) is 7.63.